The maximum atomic E-state index is 14.7. The molecule has 7 aliphatic rings. The summed E-state index contributed by atoms with van der Waals surface area (Å²) in [5, 5.41) is 13.2. The highest BCUT2D eigenvalue weighted by Gasteiger charge is 2.60. The Morgan fingerprint density at radius 3 is 2.49 bits per heavy atom. The van der Waals surface area contributed by atoms with E-state index in [4.69, 9.17) is 19.7 Å². The van der Waals surface area contributed by atoms with Crippen molar-refractivity contribution in [1.82, 2.24) is 34.8 Å². The fourth-order valence-corrected chi connectivity index (χ4v) is 9.82. The molecule has 6 fully saturated rings. The number of aromatic nitrogens is 5. The van der Waals surface area contributed by atoms with E-state index in [1.807, 2.05) is 30.2 Å². The molecule has 2 bridgehead atoms. The molecule has 5 heterocycles. The van der Waals surface area contributed by atoms with Gasteiger partial charge in [0.1, 0.15) is 17.3 Å². The van der Waals surface area contributed by atoms with Crippen LogP contribution < -0.4 is 20.4 Å². The molecular weight excluding hydrogens is 624 g/mol. The lowest BCUT2D eigenvalue weighted by Crippen LogP contribution is -2.67. The molecule has 0 radical (unpaired) electrons. The van der Waals surface area contributed by atoms with Gasteiger partial charge in [-0.05, 0) is 96.0 Å². The number of anilines is 1. The van der Waals surface area contributed by atoms with Crippen LogP contribution >= 0.6 is 0 Å². The van der Waals surface area contributed by atoms with Crippen LogP contribution in [0.1, 0.15) is 96.7 Å². The van der Waals surface area contributed by atoms with Gasteiger partial charge >= 0.3 is 6.09 Å². The van der Waals surface area contributed by atoms with Crippen LogP contribution in [0.15, 0.2) is 23.1 Å². The summed E-state index contributed by atoms with van der Waals surface area (Å²) in [6, 6.07) is 2.89. The number of carbonyl (C=O) groups is 2. The number of ether oxygens (including phenoxy) is 2. The van der Waals surface area contributed by atoms with Crippen molar-refractivity contribution in [2.75, 3.05) is 25.1 Å². The van der Waals surface area contributed by atoms with Gasteiger partial charge in [-0.1, -0.05) is 6.92 Å². The number of nitrogens with zero attached hydrogens (tertiary/aromatic N) is 7. The third-order valence-electron chi connectivity index (χ3n) is 12.2. The average Bonchev–Trinajstić information content (AvgIpc) is 3.33. The number of amides is 2. The smallest absolute Gasteiger partial charge is 0.410 e. The zero-order chi connectivity index (χ0) is 34.0. The van der Waals surface area contributed by atoms with Crippen molar-refractivity contribution in [1.29, 1.82) is 0 Å². The first-order chi connectivity index (χ1) is 23.4. The molecule has 3 aromatic heterocycles. The van der Waals surface area contributed by atoms with E-state index in [2.05, 4.69) is 22.1 Å². The Balaban J connectivity index is 1.12. The lowest BCUT2D eigenvalue weighted by atomic mass is 9.75. The third kappa shape index (κ3) is 4.85. The largest absolute Gasteiger partial charge is 0.481 e. The molecule has 260 valence electrons. The Bertz CT molecular complexity index is 1920. The van der Waals surface area contributed by atoms with Gasteiger partial charge in [0.25, 0.3) is 0 Å². The van der Waals surface area contributed by atoms with Crippen LogP contribution in [0.4, 0.5) is 10.5 Å². The van der Waals surface area contributed by atoms with Gasteiger partial charge in [-0.3, -0.25) is 9.59 Å². The lowest BCUT2D eigenvalue weighted by Gasteiger charge is -2.54. The van der Waals surface area contributed by atoms with E-state index in [9.17, 15) is 14.4 Å². The molecule has 0 aromatic carbocycles. The first kappa shape index (κ1) is 30.9. The van der Waals surface area contributed by atoms with Crippen LogP contribution in [0.5, 0.6) is 5.88 Å². The number of hydrogen-bond acceptors (Lipinski definition) is 9. The monoisotopic (exact) mass is 670 g/mol. The highest BCUT2D eigenvalue weighted by Crippen LogP contribution is 2.62. The van der Waals surface area contributed by atoms with Crippen molar-refractivity contribution in [3.05, 3.63) is 34.2 Å². The highest BCUT2D eigenvalue weighted by atomic mass is 16.6. The van der Waals surface area contributed by atoms with Gasteiger partial charge in [-0.2, -0.15) is 0 Å². The third-order valence-corrected chi connectivity index (χ3v) is 12.2. The second-order valence-corrected chi connectivity index (χ2v) is 16.5. The number of pyridine rings is 2. The highest BCUT2D eigenvalue weighted by molar-refractivity contribution is 5.87. The summed E-state index contributed by atoms with van der Waals surface area (Å²) < 4.78 is 13.1. The number of nitrogens with one attached hydrogen (secondary N) is 1. The molecular formula is C36H46N8O5. The van der Waals surface area contributed by atoms with Crippen molar-refractivity contribution < 1.29 is 19.1 Å². The topological polar surface area (TPSA) is 137 Å². The second-order valence-electron chi connectivity index (χ2n) is 16.5. The van der Waals surface area contributed by atoms with Crippen molar-refractivity contribution in [2.24, 2.45) is 17.8 Å². The minimum absolute atomic E-state index is 0.00721. The molecule has 5 atom stereocenters. The van der Waals surface area contributed by atoms with E-state index in [1.165, 1.54) is 17.6 Å². The van der Waals surface area contributed by atoms with Crippen molar-refractivity contribution >= 4 is 28.9 Å². The maximum absolute atomic E-state index is 14.7. The Morgan fingerprint density at radius 2 is 1.80 bits per heavy atom. The van der Waals surface area contributed by atoms with E-state index in [-0.39, 0.29) is 46.5 Å². The Morgan fingerprint density at radius 1 is 1.02 bits per heavy atom. The standard InChI is InChI=1S/C36H46N8O5/c1-19-14-26(33(46)38-36-16-21(17-36)23(18-36)20-6-7-20)43-29(19)30(41-12-13-42(25-9-8-24(25)41)34(47)49-35(2,3)4)31(45)28-32(43)40-44(39-28)22-10-11-37-27(15-22)48-5/h10-11,15,19-21,23-26H,6-9,12-14,16-18H2,1-5H3,(H,38,46)/t19-,21?,23+,24+,25+,26+,36?/m1/s1. The first-order valence-electron chi connectivity index (χ1n) is 18.1. The fraction of sp³-hybridized carbons (Fsp3) is 0.667. The zero-order valence-corrected chi connectivity index (χ0v) is 29.0. The number of piperazine rings is 1. The van der Waals surface area contributed by atoms with Gasteiger partial charge in [0, 0.05) is 42.9 Å². The molecule has 1 N–H and O–H groups in total. The Hall–Kier alpha value is -4.16. The Kier molecular flexibility index (Phi) is 6.72. The normalized spacial score (nSPS) is 31.5. The van der Waals surface area contributed by atoms with E-state index in [1.54, 1.807) is 25.4 Å². The van der Waals surface area contributed by atoms with Crippen LogP contribution in [-0.2, 0) is 9.53 Å². The molecule has 1 saturated heterocycles. The van der Waals surface area contributed by atoms with Crippen LogP contribution in [-0.4, -0.2) is 84.9 Å². The van der Waals surface area contributed by atoms with E-state index in [0.29, 0.717) is 42.4 Å². The quantitative estimate of drug-likeness (QED) is 0.407. The van der Waals surface area contributed by atoms with E-state index >= 15 is 0 Å². The van der Waals surface area contributed by atoms with Gasteiger partial charge in [0.05, 0.1) is 24.5 Å². The average molecular weight is 671 g/mol. The fourth-order valence-electron chi connectivity index (χ4n) is 9.82. The summed E-state index contributed by atoms with van der Waals surface area (Å²) in [4.78, 5) is 52.0. The van der Waals surface area contributed by atoms with E-state index in [0.717, 1.165) is 55.6 Å². The summed E-state index contributed by atoms with van der Waals surface area (Å²) in [7, 11) is 1.55. The molecule has 49 heavy (non-hydrogen) atoms. The summed E-state index contributed by atoms with van der Waals surface area (Å²) in [6.45, 7) is 8.67. The molecule has 0 unspecified atom stereocenters. The van der Waals surface area contributed by atoms with Crippen LogP contribution in [0.2, 0.25) is 0 Å². The molecule has 10 rings (SSSR count). The predicted octanol–water partition coefficient (Wildman–Crippen LogP) is 4.32. The number of hydrogen-bond donors (Lipinski definition) is 1. The van der Waals surface area contributed by atoms with Gasteiger partial charge in [0.15, 0.2) is 11.2 Å². The van der Waals surface area contributed by atoms with Crippen LogP contribution in [0, 0.1) is 17.8 Å². The van der Waals surface area contributed by atoms with Gasteiger partial charge < -0.3 is 29.2 Å². The van der Waals surface area contributed by atoms with Crippen LogP contribution in [0.25, 0.3) is 16.9 Å². The van der Waals surface area contributed by atoms with Gasteiger partial charge in [-0.25, -0.2) is 9.78 Å². The van der Waals surface area contributed by atoms with Gasteiger partial charge in [-0.15, -0.1) is 15.0 Å². The molecule has 0 spiro atoms. The first-order valence-corrected chi connectivity index (χ1v) is 18.1. The molecule has 13 nitrogen and oxygen atoms in total. The molecule has 5 aliphatic carbocycles. The number of carbonyl (C=O) groups excluding carboxylic acids is 2. The van der Waals surface area contributed by atoms with Crippen molar-refractivity contribution in [3.63, 3.8) is 0 Å². The predicted molar refractivity (Wildman–Crippen MR) is 181 cm³/mol. The minimum Gasteiger partial charge on any atom is -0.481 e. The van der Waals surface area contributed by atoms with Crippen molar-refractivity contribution in [2.45, 2.75) is 114 Å². The van der Waals surface area contributed by atoms with Gasteiger partial charge in [0.2, 0.25) is 17.2 Å². The lowest BCUT2D eigenvalue weighted by molar-refractivity contribution is -0.127. The van der Waals surface area contributed by atoms with E-state index < -0.39 is 11.6 Å². The molecule has 13 heteroatoms. The number of methoxy groups -OCH3 is 1. The number of fused-ring (bicyclic) bond motifs is 5. The molecule has 3 aromatic rings. The summed E-state index contributed by atoms with van der Waals surface area (Å²) in [5.74, 6) is 2.68. The molecule has 2 aliphatic heterocycles. The molecule has 5 saturated carbocycles. The SMILES string of the molecule is COc1cc(-n2nc3c(=O)c(N4CCN(C(=O)OC(C)(C)C)[C@H]5CC[C@@H]54)c4n(c3n2)[C@H](C(=O)NC23CC(C2)[C@H](C2CC2)C3)C[C@H]4C)ccn1. The number of rotatable bonds is 6. The molecule has 2 amide bonds. The summed E-state index contributed by atoms with van der Waals surface area (Å²) >= 11 is 0. The second kappa shape index (κ2) is 10.7. The maximum Gasteiger partial charge on any atom is 0.410 e. The van der Waals surface area contributed by atoms with Crippen LogP contribution in [0.3, 0.4) is 0 Å². The van der Waals surface area contributed by atoms with Crippen molar-refractivity contribution in [3.8, 4) is 11.6 Å². The summed E-state index contributed by atoms with van der Waals surface area (Å²) in [5.41, 5.74) is 1.77. The minimum atomic E-state index is -0.592. The Labute approximate surface area is 285 Å². The zero-order valence-electron chi connectivity index (χ0n) is 29.0. The summed E-state index contributed by atoms with van der Waals surface area (Å²) in [6.07, 6.45) is 9.48.